The van der Waals surface area contributed by atoms with Crippen molar-refractivity contribution in [3.05, 3.63) is 58.9 Å². The lowest BCUT2D eigenvalue weighted by Gasteiger charge is -2.17. The SMILES string of the molecule is CS(=O)(=O)N[C@H]1CCN(C(=O)[C@@H]2C[C@H]2c2c(F)cccc2-c2ccccc2Cl)C1. The van der Waals surface area contributed by atoms with Crippen molar-refractivity contribution in [3.63, 3.8) is 0 Å². The minimum atomic E-state index is -3.31. The maximum absolute atomic E-state index is 14.8. The quantitative estimate of drug-likeness (QED) is 0.781. The molecule has 1 saturated heterocycles. The van der Waals surface area contributed by atoms with Gasteiger partial charge in [-0.05, 0) is 42.0 Å². The number of nitrogens with zero attached hydrogens (tertiary/aromatic N) is 1. The van der Waals surface area contributed by atoms with Gasteiger partial charge >= 0.3 is 0 Å². The van der Waals surface area contributed by atoms with Gasteiger partial charge in [0.15, 0.2) is 0 Å². The average molecular weight is 437 g/mol. The van der Waals surface area contributed by atoms with Crippen molar-refractivity contribution in [2.45, 2.75) is 24.8 Å². The molecule has 5 nitrogen and oxygen atoms in total. The number of hydrogen-bond donors (Lipinski definition) is 1. The molecule has 0 bridgehead atoms. The van der Waals surface area contributed by atoms with Crippen LogP contribution >= 0.6 is 11.6 Å². The summed E-state index contributed by atoms with van der Waals surface area (Å²) >= 11 is 6.33. The van der Waals surface area contributed by atoms with Gasteiger partial charge in [-0.3, -0.25) is 4.79 Å². The van der Waals surface area contributed by atoms with Crippen LogP contribution in [0.1, 0.15) is 24.3 Å². The van der Waals surface area contributed by atoms with Crippen molar-refractivity contribution in [3.8, 4) is 11.1 Å². The smallest absolute Gasteiger partial charge is 0.226 e. The van der Waals surface area contributed by atoms with Gasteiger partial charge in [0.25, 0.3) is 0 Å². The number of rotatable bonds is 5. The zero-order chi connectivity index (χ0) is 20.8. The lowest BCUT2D eigenvalue weighted by Crippen LogP contribution is -2.38. The molecule has 1 amide bonds. The van der Waals surface area contributed by atoms with Crippen LogP contribution in [0.4, 0.5) is 4.39 Å². The van der Waals surface area contributed by atoms with Gasteiger partial charge in [0.1, 0.15) is 5.82 Å². The Labute approximate surface area is 174 Å². The Hall–Kier alpha value is -1.96. The monoisotopic (exact) mass is 436 g/mol. The number of nitrogens with one attached hydrogen (secondary N) is 1. The summed E-state index contributed by atoms with van der Waals surface area (Å²) in [6.45, 7) is 0.855. The van der Waals surface area contributed by atoms with E-state index in [2.05, 4.69) is 4.72 Å². The number of likely N-dealkylation sites (tertiary alicyclic amines) is 1. The van der Waals surface area contributed by atoms with E-state index < -0.39 is 10.0 Å². The molecular formula is C21H22ClFN2O3S. The lowest BCUT2D eigenvalue weighted by atomic mass is 9.95. The van der Waals surface area contributed by atoms with Crippen LogP contribution in [0.15, 0.2) is 42.5 Å². The summed E-state index contributed by atoms with van der Waals surface area (Å²) in [6, 6.07) is 11.9. The van der Waals surface area contributed by atoms with E-state index in [1.54, 1.807) is 17.0 Å². The van der Waals surface area contributed by atoms with Gasteiger partial charge in [-0.1, -0.05) is 41.9 Å². The molecule has 4 rings (SSSR count). The highest BCUT2D eigenvalue weighted by atomic mass is 35.5. The molecule has 154 valence electrons. The molecule has 8 heteroatoms. The Bertz CT molecular complexity index is 1060. The first kappa shape index (κ1) is 20.3. The van der Waals surface area contributed by atoms with Crippen LogP contribution in [0, 0.1) is 11.7 Å². The van der Waals surface area contributed by atoms with Crippen molar-refractivity contribution in [2.75, 3.05) is 19.3 Å². The van der Waals surface area contributed by atoms with Gasteiger partial charge in [-0.15, -0.1) is 0 Å². The molecule has 0 aromatic heterocycles. The van der Waals surface area contributed by atoms with E-state index in [1.165, 1.54) is 6.07 Å². The maximum atomic E-state index is 14.8. The lowest BCUT2D eigenvalue weighted by molar-refractivity contribution is -0.131. The second-order valence-corrected chi connectivity index (χ2v) is 9.98. The van der Waals surface area contributed by atoms with E-state index in [4.69, 9.17) is 11.6 Å². The van der Waals surface area contributed by atoms with Crippen LogP contribution in [0.25, 0.3) is 11.1 Å². The first-order chi connectivity index (χ1) is 13.7. The molecule has 0 spiro atoms. The normalized spacial score (nSPS) is 24.0. The standard InChI is InChI=1S/C21H22ClFN2O3S/c1-29(27,28)24-13-9-10-25(12-13)21(26)17-11-16(17)20-15(6-4-8-19(20)23)14-5-2-3-7-18(14)22/h2-8,13,16-17,24H,9-12H2,1H3/t13-,16+,17+/m0/s1. The minimum Gasteiger partial charge on any atom is -0.341 e. The molecule has 1 aliphatic heterocycles. The van der Waals surface area contributed by atoms with Gasteiger partial charge in [0.2, 0.25) is 15.9 Å². The molecule has 1 saturated carbocycles. The van der Waals surface area contributed by atoms with E-state index in [0.29, 0.717) is 42.1 Å². The fourth-order valence-electron chi connectivity index (χ4n) is 4.21. The number of benzene rings is 2. The van der Waals surface area contributed by atoms with E-state index in [1.807, 2.05) is 24.3 Å². The van der Waals surface area contributed by atoms with Gasteiger partial charge < -0.3 is 4.90 Å². The molecule has 1 heterocycles. The zero-order valence-corrected chi connectivity index (χ0v) is 17.5. The summed E-state index contributed by atoms with van der Waals surface area (Å²) in [5.74, 6) is -0.857. The third-order valence-corrected chi connectivity index (χ3v) is 6.67. The average Bonchev–Trinajstić information content (AvgIpc) is 3.30. The number of halogens is 2. The topological polar surface area (TPSA) is 66.5 Å². The van der Waals surface area contributed by atoms with Crippen molar-refractivity contribution < 1.29 is 17.6 Å². The molecular weight excluding hydrogens is 415 g/mol. The van der Waals surface area contributed by atoms with E-state index in [9.17, 15) is 17.6 Å². The molecule has 2 fully saturated rings. The fraction of sp³-hybridized carbons (Fsp3) is 0.381. The molecule has 1 aliphatic carbocycles. The molecule has 0 radical (unpaired) electrons. The van der Waals surface area contributed by atoms with Crippen LogP contribution in [-0.4, -0.2) is 44.6 Å². The molecule has 3 atom stereocenters. The molecule has 29 heavy (non-hydrogen) atoms. The Morgan fingerprint density at radius 3 is 2.62 bits per heavy atom. The predicted octanol–water partition coefficient (Wildman–Crippen LogP) is 3.40. The van der Waals surface area contributed by atoms with Gasteiger partial charge in [0, 0.05) is 35.6 Å². The summed E-state index contributed by atoms with van der Waals surface area (Å²) in [7, 11) is -3.31. The second-order valence-electron chi connectivity index (χ2n) is 7.79. The van der Waals surface area contributed by atoms with Crippen LogP contribution in [0.3, 0.4) is 0 Å². The number of amides is 1. The van der Waals surface area contributed by atoms with Crippen molar-refractivity contribution in [1.82, 2.24) is 9.62 Å². The van der Waals surface area contributed by atoms with Gasteiger partial charge in [-0.25, -0.2) is 17.5 Å². The van der Waals surface area contributed by atoms with Crippen LogP contribution in [0.5, 0.6) is 0 Å². The summed E-state index contributed by atoms with van der Waals surface area (Å²) in [5.41, 5.74) is 2.00. The largest absolute Gasteiger partial charge is 0.341 e. The highest BCUT2D eigenvalue weighted by Crippen LogP contribution is 2.52. The van der Waals surface area contributed by atoms with Crippen LogP contribution in [0.2, 0.25) is 5.02 Å². The third-order valence-electron chi connectivity index (χ3n) is 5.58. The second kappa shape index (κ2) is 7.70. The third kappa shape index (κ3) is 4.32. The predicted molar refractivity (Wildman–Crippen MR) is 111 cm³/mol. The minimum absolute atomic E-state index is 0.0406. The highest BCUT2D eigenvalue weighted by molar-refractivity contribution is 7.88. The molecule has 1 N–H and O–H groups in total. The number of carbonyl (C=O) groups is 1. The number of carbonyl (C=O) groups excluding carboxylic acids is 1. The Morgan fingerprint density at radius 1 is 1.17 bits per heavy atom. The van der Waals surface area contributed by atoms with Crippen molar-refractivity contribution >= 4 is 27.5 Å². The Morgan fingerprint density at radius 2 is 1.90 bits per heavy atom. The van der Waals surface area contributed by atoms with E-state index in [-0.39, 0.29) is 29.6 Å². The summed E-state index contributed by atoms with van der Waals surface area (Å²) in [5, 5.41) is 0.539. The fourth-order valence-corrected chi connectivity index (χ4v) is 5.24. The Kier molecular flexibility index (Phi) is 5.40. The van der Waals surface area contributed by atoms with Crippen molar-refractivity contribution in [2.24, 2.45) is 5.92 Å². The van der Waals surface area contributed by atoms with Gasteiger partial charge in [0.05, 0.1) is 6.26 Å². The summed E-state index contributed by atoms with van der Waals surface area (Å²) < 4.78 is 40.2. The van der Waals surface area contributed by atoms with Crippen molar-refractivity contribution in [1.29, 1.82) is 0 Å². The van der Waals surface area contributed by atoms with E-state index >= 15 is 0 Å². The van der Waals surface area contributed by atoms with E-state index in [0.717, 1.165) is 11.8 Å². The van der Waals surface area contributed by atoms with Crippen LogP contribution < -0.4 is 4.72 Å². The maximum Gasteiger partial charge on any atom is 0.226 e. The molecule has 2 aromatic carbocycles. The zero-order valence-electron chi connectivity index (χ0n) is 15.9. The number of hydrogen-bond acceptors (Lipinski definition) is 3. The van der Waals surface area contributed by atoms with Crippen LogP contribution in [-0.2, 0) is 14.8 Å². The molecule has 2 aliphatic rings. The van der Waals surface area contributed by atoms with Gasteiger partial charge in [-0.2, -0.15) is 0 Å². The first-order valence-corrected chi connectivity index (χ1v) is 11.8. The first-order valence-electron chi connectivity index (χ1n) is 9.54. The highest BCUT2D eigenvalue weighted by Gasteiger charge is 2.49. The summed E-state index contributed by atoms with van der Waals surface area (Å²) in [4.78, 5) is 14.6. The Balaban J connectivity index is 1.53. The summed E-state index contributed by atoms with van der Waals surface area (Å²) in [6.07, 6.45) is 2.28. The molecule has 0 unspecified atom stereocenters. The number of sulfonamides is 1. The molecule has 2 aromatic rings.